The summed E-state index contributed by atoms with van der Waals surface area (Å²) >= 11 is 6.05. The molecule has 7 heteroatoms. The van der Waals surface area contributed by atoms with Crippen LogP contribution in [-0.4, -0.2) is 24.3 Å². The van der Waals surface area contributed by atoms with Crippen molar-refractivity contribution in [2.24, 2.45) is 0 Å². The molecule has 0 spiro atoms. The van der Waals surface area contributed by atoms with Crippen molar-refractivity contribution >= 4 is 17.6 Å². The number of carbonyl (C=O) groups excluding carboxylic acids is 1. The maximum atomic E-state index is 12.0. The Morgan fingerprint density at radius 3 is 2.74 bits per heavy atom. The minimum Gasteiger partial charge on any atom is -0.486 e. The van der Waals surface area contributed by atoms with Gasteiger partial charge in [0.25, 0.3) is 0 Å². The van der Waals surface area contributed by atoms with Crippen LogP contribution in [0.3, 0.4) is 0 Å². The Morgan fingerprint density at radius 2 is 1.89 bits per heavy atom. The van der Waals surface area contributed by atoms with Crippen molar-refractivity contribution in [1.82, 2.24) is 5.16 Å². The number of benzene rings is 2. The second-order valence-corrected chi connectivity index (χ2v) is 6.38. The molecule has 0 unspecified atom stereocenters. The van der Waals surface area contributed by atoms with Crippen molar-refractivity contribution in [3.8, 4) is 22.8 Å². The van der Waals surface area contributed by atoms with Gasteiger partial charge < -0.3 is 18.7 Å². The first kappa shape index (κ1) is 17.4. The molecule has 0 N–H and O–H groups in total. The van der Waals surface area contributed by atoms with Gasteiger partial charge >= 0.3 is 5.97 Å². The number of fused-ring (bicyclic) bond motifs is 1. The van der Waals surface area contributed by atoms with Crippen LogP contribution in [0.4, 0.5) is 0 Å². The summed E-state index contributed by atoms with van der Waals surface area (Å²) < 4.78 is 21.7. The molecule has 0 amide bonds. The normalized spacial score (nSPS) is 12.6. The van der Waals surface area contributed by atoms with Gasteiger partial charge in [-0.15, -0.1) is 0 Å². The van der Waals surface area contributed by atoms with Gasteiger partial charge in [0.15, 0.2) is 17.3 Å². The zero-order valence-corrected chi connectivity index (χ0v) is 15.1. The quantitative estimate of drug-likeness (QED) is 0.617. The smallest absolute Gasteiger partial charge is 0.310 e. The fraction of sp³-hybridized carbons (Fsp3) is 0.200. The number of rotatable bonds is 5. The molecule has 0 atom stereocenters. The molecule has 27 heavy (non-hydrogen) atoms. The van der Waals surface area contributed by atoms with Crippen LogP contribution < -0.4 is 9.47 Å². The van der Waals surface area contributed by atoms with Crippen LogP contribution >= 0.6 is 11.6 Å². The highest BCUT2D eigenvalue weighted by molar-refractivity contribution is 6.31. The average molecular weight is 386 g/mol. The van der Waals surface area contributed by atoms with E-state index < -0.39 is 0 Å². The van der Waals surface area contributed by atoms with Gasteiger partial charge in [0, 0.05) is 16.7 Å². The summed E-state index contributed by atoms with van der Waals surface area (Å²) in [5, 5.41) is 4.49. The van der Waals surface area contributed by atoms with Gasteiger partial charge in [-0.25, -0.2) is 0 Å². The zero-order chi connectivity index (χ0) is 18.6. The third kappa shape index (κ3) is 4.06. The largest absolute Gasteiger partial charge is 0.486 e. The molecule has 3 aromatic rings. The number of esters is 1. The summed E-state index contributed by atoms with van der Waals surface area (Å²) in [4.78, 5) is 12.0. The van der Waals surface area contributed by atoms with Gasteiger partial charge in [0.05, 0.1) is 6.42 Å². The lowest BCUT2D eigenvalue weighted by molar-refractivity contribution is -0.144. The highest BCUT2D eigenvalue weighted by Gasteiger charge is 2.15. The highest BCUT2D eigenvalue weighted by atomic mass is 35.5. The first-order valence-electron chi connectivity index (χ1n) is 8.44. The van der Waals surface area contributed by atoms with Gasteiger partial charge in [-0.2, -0.15) is 0 Å². The minimum atomic E-state index is -0.382. The second-order valence-electron chi connectivity index (χ2n) is 5.97. The molecule has 0 radical (unpaired) electrons. The number of ether oxygens (including phenoxy) is 3. The lowest BCUT2D eigenvalue weighted by atomic mass is 10.1. The summed E-state index contributed by atoms with van der Waals surface area (Å²) in [6.45, 7) is 1.08. The lowest BCUT2D eigenvalue weighted by Gasteiger charge is -2.18. The van der Waals surface area contributed by atoms with Gasteiger partial charge in [-0.3, -0.25) is 4.79 Å². The maximum Gasteiger partial charge on any atom is 0.310 e. The molecule has 1 aliphatic heterocycles. The fourth-order valence-electron chi connectivity index (χ4n) is 2.72. The topological polar surface area (TPSA) is 70.8 Å². The van der Waals surface area contributed by atoms with Crippen molar-refractivity contribution in [2.75, 3.05) is 13.2 Å². The molecular formula is C20H16ClNO5. The Labute approximate surface area is 160 Å². The summed E-state index contributed by atoms with van der Waals surface area (Å²) in [5.74, 6) is 1.55. The molecule has 2 heterocycles. The third-order valence-electron chi connectivity index (χ3n) is 4.06. The first-order valence-corrected chi connectivity index (χ1v) is 8.81. The van der Waals surface area contributed by atoms with Gasteiger partial charge in [-0.05, 0) is 29.8 Å². The molecule has 0 bridgehead atoms. The SMILES string of the molecule is O=C(Cc1ccccc1Cl)OCc1cc(-c2ccc3c(c2)OCCO3)on1. The molecule has 4 rings (SSSR count). The number of aromatic nitrogens is 1. The summed E-state index contributed by atoms with van der Waals surface area (Å²) in [6, 6.07) is 14.4. The molecule has 0 aliphatic carbocycles. The molecule has 0 fully saturated rings. The van der Waals surface area contributed by atoms with Crippen LogP contribution in [0, 0.1) is 0 Å². The van der Waals surface area contributed by atoms with Gasteiger partial charge in [0.2, 0.25) is 0 Å². The van der Waals surface area contributed by atoms with Gasteiger partial charge in [0.1, 0.15) is 25.5 Å². The predicted octanol–water partition coefficient (Wildman–Crippen LogP) is 4.05. The van der Waals surface area contributed by atoms with E-state index in [1.165, 1.54) is 0 Å². The van der Waals surface area contributed by atoms with Crippen LogP contribution in [0.5, 0.6) is 11.5 Å². The molecule has 1 aliphatic rings. The number of nitrogens with zero attached hydrogens (tertiary/aromatic N) is 1. The monoisotopic (exact) mass is 385 g/mol. The molecule has 6 nitrogen and oxygen atoms in total. The van der Waals surface area contributed by atoms with E-state index >= 15 is 0 Å². The van der Waals surface area contributed by atoms with E-state index in [9.17, 15) is 4.79 Å². The van der Waals surface area contributed by atoms with Crippen LogP contribution in [0.1, 0.15) is 11.3 Å². The number of hydrogen-bond acceptors (Lipinski definition) is 6. The van der Waals surface area contributed by atoms with Crippen LogP contribution in [0.2, 0.25) is 5.02 Å². The van der Waals surface area contributed by atoms with Gasteiger partial charge in [-0.1, -0.05) is 35.0 Å². The van der Waals surface area contributed by atoms with E-state index in [1.54, 1.807) is 18.2 Å². The molecule has 0 saturated carbocycles. The average Bonchev–Trinajstić information content (AvgIpc) is 3.17. The Kier molecular flexibility index (Phi) is 4.98. The van der Waals surface area contributed by atoms with Crippen molar-refractivity contribution in [3.63, 3.8) is 0 Å². The molecular weight excluding hydrogens is 370 g/mol. The zero-order valence-electron chi connectivity index (χ0n) is 14.3. The lowest BCUT2D eigenvalue weighted by Crippen LogP contribution is -2.15. The highest BCUT2D eigenvalue weighted by Crippen LogP contribution is 2.34. The van der Waals surface area contributed by atoms with Crippen molar-refractivity contribution in [3.05, 3.63) is 64.8 Å². The molecule has 2 aromatic carbocycles. The third-order valence-corrected chi connectivity index (χ3v) is 4.43. The second kappa shape index (κ2) is 7.72. The first-order chi connectivity index (χ1) is 13.2. The van der Waals surface area contributed by atoms with E-state index in [4.69, 9.17) is 30.3 Å². The van der Waals surface area contributed by atoms with Crippen LogP contribution in [0.25, 0.3) is 11.3 Å². The number of hydrogen-bond donors (Lipinski definition) is 0. The van der Waals surface area contributed by atoms with E-state index in [2.05, 4.69) is 5.16 Å². The maximum absolute atomic E-state index is 12.0. The van der Waals surface area contributed by atoms with E-state index in [0.29, 0.717) is 41.2 Å². The van der Waals surface area contributed by atoms with E-state index in [1.807, 2.05) is 30.3 Å². The van der Waals surface area contributed by atoms with E-state index in [-0.39, 0.29) is 19.0 Å². The minimum absolute atomic E-state index is 0.0251. The number of halogens is 1. The van der Waals surface area contributed by atoms with Crippen molar-refractivity contribution < 1.29 is 23.5 Å². The van der Waals surface area contributed by atoms with Crippen molar-refractivity contribution in [1.29, 1.82) is 0 Å². The number of carbonyl (C=O) groups is 1. The Morgan fingerprint density at radius 1 is 1.07 bits per heavy atom. The van der Waals surface area contributed by atoms with E-state index in [0.717, 1.165) is 11.1 Å². The van der Waals surface area contributed by atoms with Crippen LogP contribution in [0.15, 0.2) is 53.1 Å². The molecule has 1 aromatic heterocycles. The fourth-order valence-corrected chi connectivity index (χ4v) is 2.92. The summed E-state index contributed by atoms with van der Waals surface area (Å²) in [5.41, 5.74) is 2.05. The van der Waals surface area contributed by atoms with Crippen LogP contribution in [-0.2, 0) is 22.6 Å². The predicted molar refractivity (Wildman–Crippen MR) is 97.9 cm³/mol. The standard InChI is InChI=1S/C20H16ClNO5/c21-16-4-2-1-3-13(16)10-20(23)26-12-15-11-18(27-22-15)14-5-6-17-19(9-14)25-8-7-24-17/h1-6,9,11H,7-8,10,12H2. The molecule has 138 valence electrons. The summed E-state index contributed by atoms with van der Waals surface area (Å²) in [7, 11) is 0. The summed E-state index contributed by atoms with van der Waals surface area (Å²) in [6.07, 6.45) is 0.104. The molecule has 0 saturated heterocycles. The Bertz CT molecular complexity index is 969. The Hall–Kier alpha value is -2.99. The Balaban J connectivity index is 1.38. The van der Waals surface area contributed by atoms with Crippen molar-refractivity contribution in [2.45, 2.75) is 13.0 Å².